The topological polar surface area (TPSA) is 113 Å². The number of amides is 1. The number of hydrogen-bond acceptors (Lipinski definition) is 6. The summed E-state index contributed by atoms with van der Waals surface area (Å²) in [6, 6.07) is 6.21. The number of benzene rings is 1. The first-order valence-electron chi connectivity index (χ1n) is 12.1. The molecule has 34 heavy (non-hydrogen) atoms. The third kappa shape index (κ3) is 5.83. The lowest BCUT2D eigenvalue weighted by molar-refractivity contribution is -0.135. The van der Waals surface area contributed by atoms with Gasteiger partial charge in [-0.25, -0.2) is 4.98 Å². The van der Waals surface area contributed by atoms with Crippen molar-refractivity contribution in [3.05, 3.63) is 51.2 Å². The van der Waals surface area contributed by atoms with Crippen molar-refractivity contribution in [1.29, 1.82) is 0 Å². The number of ether oxygens (including phenoxy) is 2. The Bertz CT molecular complexity index is 1180. The van der Waals surface area contributed by atoms with Crippen LogP contribution in [0.1, 0.15) is 48.8 Å². The number of morpholine rings is 1. The van der Waals surface area contributed by atoms with Gasteiger partial charge in [-0.05, 0) is 49.8 Å². The minimum absolute atomic E-state index is 0.162. The molecule has 1 aromatic carbocycles. The van der Waals surface area contributed by atoms with Crippen molar-refractivity contribution >= 4 is 16.9 Å². The molecule has 2 N–H and O–H groups in total. The van der Waals surface area contributed by atoms with Crippen LogP contribution < -0.4 is 10.3 Å². The molecule has 2 aromatic heterocycles. The van der Waals surface area contributed by atoms with Gasteiger partial charge in [0.05, 0.1) is 19.8 Å². The van der Waals surface area contributed by atoms with E-state index in [-0.39, 0.29) is 11.5 Å². The largest absolute Gasteiger partial charge is 0.493 e. The summed E-state index contributed by atoms with van der Waals surface area (Å²) in [7, 11) is 0. The Morgan fingerprint density at radius 3 is 2.82 bits per heavy atom. The summed E-state index contributed by atoms with van der Waals surface area (Å²) < 4.78 is 11.3. The van der Waals surface area contributed by atoms with Gasteiger partial charge in [-0.3, -0.25) is 14.7 Å². The summed E-state index contributed by atoms with van der Waals surface area (Å²) in [6.07, 6.45) is 4.33. The average Bonchev–Trinajstić information content (AvgIpc) is 3.23. The van der Waals surface area contributed by atoms with Crippen molar-refractivity contribution in [2.75, 3.05) is 32.9 Å². The fourth-order valence-electron chi connectivity index (χ4n) is 4.24. The van der Waals surface area contributed by atoms with E-state index in [1.807, 2.05) is 24.0 Å². The van der Waals surface area contributed by atoms with Gasteiger partial charge in [-0.2, -0.15) is 5.10 Å². The molecule has 1 amide bonds. The summed E-state index contributed by atoms with van der Waals surface area (Å²) in [4.78, 5) is 34.1. The molecule has 0 bridgehead atoms. The summed E-state index contributed by atoms with van der Waals surface area (Å²) in [6.45, 7) is 7.14. The van der Waals surface area contributed by atoms with Gasteiger partial charge in [0.15, 0.2) is 5.65 Å². The van der Waals surface area contributed by atoms with Gasteiger partial charge < -0.3 is 19.4 Å². The Kier molecular flexibility index (Phi) is 7.95. The van der Waals surface area contributed by atoms with Crippen molar-refractivity contribution in [2.24, 2.45) is 0 Å². The van der Waals surface area contributed by atoms with Crippen LogP contribution in [0.5, 0.6) is 5.75 Å². The van der Waals surface area contributed by atoms with Crippen molar-refractivity contribution in [3.63, 3.8) is 0 Å². The second-order valence-electron chi connectivity index (χ2n) is 8.70. The number of hydrogen-bond donors (Lipinski definition) is 2. The Labute approximate surface area is 198 Å². The lowest BCUT2D eigenvalue weighted by Gasteiger charge is -2.26. The van der Waals surface area contributed by atoms with Crippen molar-refractivity contribution in [2.45, 2.75) is 52.4 Å². The number of nitrogens with zero attached hydrogens (tertiary/aromatic N) is 3. The van der Waals surface area contributed by atoms with E-state index < -0.39 is 0 Å². The van der Waals surface area contributed by atoms with Crippen LogP contribution in [0.4, 0.5) is 0 Å². The zero-order valence-corrected chi connectivity index (χ0v) is 20.0. The highest BCUT2D eigenvalue weighted by Crippen LogP contribution is 2.24. The lowest BCUT2D eigenvalue weighted by atomic mass is 10.0. The molecule has 182 valence electrons. The molecule has 1 fully saturated rings. The summed E-state index contributed by atoms with van der Waals surface area (Å²) in [5, 5.41) is 7.45. The Balaban J connectivity index is 1.40. The number of aromatic nitrogens is 4. The average molecular weight is 468 g/mol. The third-order valence-electron chi connectivity index (χ3n) is 6.09. The maximum atomic E-state index is 12.5. The lowest BCUT2D eigenvalue weighted by Crippen LogP contribution is -2.40. The highest BCUT2D eigenvalue weighted by atomic mass is 16.5. The van der Waals surface area contributed by atoms with E-state index >= 15 is 0 Å². The molecule has 3 aromatic rings. The molecule has 0 atom stereocenters. The number of rotatable bonds is 10. The molecule has 0 saturated carbocycles. The number of carbonyl (C=O) groups is 1. The molecule has 0 aliphatic carbocycles. The van der Waals surface area contributed by atoms with Crippen molar-refractivity contribution in [3.8, 4) is 5.75 Å². The third-order valence-corrected chi connectivity index (χ3v) is 6.09. The first kappa shape index (κ1) is 23.9. The molecule has 1 aliphatic rings. The summed E-state index contributed by atoms with van der Waals surface area (Å²) in [5.74, 6) is 1.69. The summed E-state index contributed by atoms with van der Waals surface area (Å²) >= 11 is 0. The fraction of sp³-hybridized carbons (Fsp3) is 0.520. The van der Waals surface area contributed by atoms with Crippen molar-refractivity contribution < 1.29 is 14.3 Å². The van der Waals surface area contributed by atoms with E-state index in [0.29, 0.717) is 69.0 Å². The zero-order chi connectivity index (χ0) is 23.9. The number of aryl methyl sites for hydroxylation is 4. The van der Waals surface area contributed by atoms with Gasteiger partial charge in [0.2, 0.25) is 5.91 Å². The van der Waals surface area contributed by atoms with Crippen LogP contribution in [0.25, 0.3) is 11.0 Å². The van der Waals surface area contributed by atoms with E-state index in [1.165, 1.54) is 0 Å². The van der Waals surface area contributed by atoms with E-state index in [1.54, 1.807) is 0 Å². The monoisotopic (exact) mass is 467 g/mol. The minimum Gasteiger partial charge on any atom is -0.493 e. The molecular formula is C25H33N5O4. The van der Waals surface area contributed by atoms with Gasteiger partial charge >= 0.3 is 0 Å². The number of fused-ring (bicyclic) bond motifs is 1. The number of H-pyrrole nitrogens is 2. The SMILES string of the molecule is CCCOc1ccc(CCC(=O)N2CCOCC2)cc1CCCc1nc2n[nH]c(C)c2c(=O)[nH]1. The smallest absolute Gasteiger partial charge is 0.262 e. The van der Waals surface area contributed by atoms with Gasteiger partial charge in [-0.1, -0.05) is 19.1 Å². The van der Waals surface area contributed by atoms with Crippen LogP contribution >= 0.6 is 0 Å². The maximum Gasteiger partial charge on any atom is 0.262 e. The second-order valence-corrected chi connectivity index (χ2v) is 8.70. The number of carbonyl (C=O) groups excluding carboxylic acids is 1. The molecule has 0 radical (unpaired) electrons. The molecule has 9 nitrogen and oxygen atoms in total. The first-order valence-corrected chi connectivity index (χ1v) is 12.1. The van der Waals surface area contributed by atoms with Gasteiger partial charge in [-0.15, -0.1) is 0 Å². The Morgan fingerprint density at radius 1 is 1.21 bits per heavy atom. The van der Waals surface area contributed by atoms with E-state index in [2.05, 4.69) is 33.2 Å². The molecule has 1 saturated heterocycles. The predicted molar refractivity (Wildman–Crippen MR) is 129 cm³/mol. The van der Waals surface area contributed by atoms with Crippen molar-refractivity contribution in [1.82, 2.24) is 25.1 Å². The Hall–Kier alpha value is -3.20. The molecule has 4 rings (SSSR count). The van der Waals surface area contributed by atoms with Gasteiger partial charge in [0, 0.05) is 31.6 Å². The molecule has 0 unspecified atom stereocenters. The second kappa shape index (κ2) is 11.3. The standard InChI is InChI=1S/C25H33N5O4/c1-3-13-34-20-9-7-18(8-10-22(31)30-11-14-33-15-12-30)16-19(20)5-4-6-21-26-24-23(25(32)27-21)17(2)28-29-24/h7,9,16H,3-6,8,10-15H2,1-2H3,(H2,26,27,28,29,32). The van der Waals surface area contributed by atoms with Crippen LogP contribution in [-0.4, -0.2) is 63.9 Å². The van der Waals surface area contributed by atoms with E-state index in [0.717, 1.165) is 41.8 Å². The number of aromatic amines is 2. The molecule has 1 aliphatic heterocycles. The van der Waals surface area contributed by atoms with Gasteiger partial charge in [0.25, 0.3) is 5.56 Å². The van der Waals surface area contributed by atoms with Crippen LogP contribution in [0.15, 0.2) is 23.0 Å². The van der Waals surface area contributed by atoms with Crippen LogP contribution in [0.3, 0.4) is 0 Å². The quantitative estimate of drug-likeness (QED) is 0.474. The minimum atomic E-state index is -0.162. The fourth-order valence-corrected chi connectivity index (χ4v) is 4.24. The molecular weight excluding hydrogens is 434 g/mol. The first-order chi connectivity index (χ1) is 16.5. The van der Waals surface area contributed by atoms with Gasteiger partial charge in [0.1, 0.15) is 17.0 Å². The van der Waals surface area contributed by atoms with Crippen LogP contribution in [0, 0.1) is 6.92 Å². The molecule has 9 heteroatoms. The van der Waals surface area contributed by atoms with Crippen LogP contribution in [0.2, 0.25) is 0 Å². The normalized spacial score (nSPS) is 14.0. The van der Waals surface area contributed by atoms with E-state index in [4.69, 9.17) is 9.47 Å². The number of nitrogens with one attached hydrogen (secondary N) is 2. The molecule has 0 spiro atoms. The molecule has 3 heterocycles. The zero-order valence-electron chi connectivity index (χ0n) is 20.0. The highest BCUT2D eigenvalue weighted by Gasteiger charge is 2.17. The summed E-state index contributed by atoms with van der Waals surface area (Å²) in [5.41, 5.74) is 3.25. The Morgan fingerprint density at radius 2 is 2.03 bits per heavy atom. The highest BCUT2D eigenvalue weighted by molar-refractivity contribution is 5.76. The predicted octanol–water partition coefficient (Wildman–Crippen LogP) is 2.71. The maximum absolute atomic E-state index is 12.5. The van der Waals surface area contributed by atoms with Crippen LogP contribution in [-0.2, 0) is 28.8 Å². The van der Waals surface area contributed by atoms with E-state index in [9.17, 15) is 9.59 Å².